The molecular formula is C6H5BFN. The van der Waals surface area contributed by atoms with Crippen LogP contribution in [0.5, 0.6) is 0 Å². The first-order valence-electron chi connectivity index (χ1n) is 2.50. The molecule has 1 aromatic rings. The van der Waals surface area contributed by atoms with Gasteiger partial charge in [-0.2, -0.15) is 0 Å². The number of rotatable bonds is 0. The lowest BCUT2D eigenvalue weighted by Crippen LogP contribution is -2.04. The fraction of sp³-hybridized carbons (Fsp3) is 0. The van der Waals surface area contributed by atoms with Gasteiger partial charge in [0.2, 0.25) is 0 Å². The van der Waals surface area contributed by atoms with Crippen molar-refractivity contribution in [3.63, 3.8) is 0 Å². The number of halogens is 1. The molecule has 0 saturated heterocycles. The molecule has 0 saturated carbocycles. The van der Waals surface area contributed by atoms with E-state index in [4.69, 9.17) is 13.6 Å². The highest BCUT2D eigenvalue weighted by atomic mass is 19.1. The number of hydrogen-bond donors (Lipinski definition) is 1. The smallest absolute Gasteiger partial charge is 0.124 e. The van der Waals surface area contributed by atoms with Crippen LogP contribution in [0.15, 0.2) is 18.2 Å². The lowest BCUT2D eigenvalue weighted by molar-refractivity contribution is 0.629. The molecule has 1 rings (SSSR count). The summed E-state index contributed by atoms with van der Waals surface area (Å²) in [5, 5.41) is 0. The molecule has 0 atom stereocenters. The van der Waals surface area contributed by atoms with Crippen molar-refractivity contribution in [1.29, 1.82) is 0 Å². The van der Waals surface area contributed by atoms with Gasteiger partial charge in [0.15, 0.2) is 0 Å². The Kier molecular flexibility index (Phi) is 1.43. The molecule has 1 nitrogen and oxygen atoms in total. The van der Waals surface area contributed by atoms with Gasteiger partial charge in [0.05, 0.1) is 0 Å². The predicted molar refractivity (Wildman–Crippen MR) is 36.2 cm³/mol. The summed E-state index contributed by atoms with van der Waals surface area (Å²) in [5.74, 6) is -0.396. The number of hydrogen-bond acceptors (Lipinski definition) is 1. The summed E-state index contributed by atoms with van der Waals surface area (Å²) in [6.45, 7) is 0. The van der Waals surface area contributed by atoms with Crippen molar-refractivity contribution in [2.45, 2.75) is 0 Å². The number of benzene rings is 1. The maximum absolute atomic E-state index is 12.3. The van der Waals surface area contributed by atoms with Gasteiger partial charge in [-0.15, -0.1) is 0 Å². The molecule has 3 heteroatoms. The van der Waals surface area contributed by atoms with E-state index in [1.807, 2.05) is 0 Å². The molecule has 2 N–H and O–H groups in total. The Bertz CT molecular complexity index is 174. The van der Waals surface area contributed by atoms with Crippen LogP contribution in [-0.2, 0) is 0 Å². The van der Waals surface area contributed by atoms with Crippen LogP contribution in [0.4, 0.5) is 10.1 Å². The van der Waals surface area contributed by atoms with E-state index in [0.717, 1.165) is 0 Å². The maximum Gasteiger partial charge on any atom is 0.124 e. The standard InChI is InChI=1S/C6H5BFN/c7-4-1-5(8)3-6(9)2-4/h1-3H,9H2. The van der Waals surface area contributed by atoms with Crippen molar-refractivity contribution in [3.8, 4) is 0 Å². The summed E-state index contributed by atoms with van der Waals surface area (Å²) < 4.78 is 12.3. The monoisotopic (exact) mass is 121 g/mol. The Morgan fingerprint density at radius 3 is 2.44 bits per heavy atom. The molecule has 0 aromatic heterocycles. The molecule has 9 heavy (non-hydrogen) atoms. The minimum absolute atomic E-state index is 0.354. The van der Waals surface area contributed by atoms with Gasteiger partial charge < -0.3 is 5.73 Å². The van der Waals surface area contributed by atoms with E-state index in [2.05, 4.69) is 0 Å². The zero-order valence-corrected chi connectivity index (χ0v) is 4.76. The van der Waals surface area contributed by atoms with Crippen LogP contribution >= 0.6 is 0 Å². The fourth-order valence-electron chi connectivity index (χ4n) is 0.636. The van der Waals surface area contributed by atoms with E-state index in [1.54, 1.807) is 0 Å². The van der Waals surface area contributed by atoms with Crippen LogP contribution in [0.25, 0.3) is 0 Å². The Morgan fingerprint density at radius 2 is 2.00 bits per heavy atom. The molecule has 0 amide bonds. The third-order valence-electron chi connectivity index (χ3n) is 0.942. The highest BCUT2D eigenvalue weighted by molar-refractivity contribution is 6.32. The van der Waals surface area contributed by atoms with Crippen LogP contribution in [0.1, 0.15) is 0 Å². The second-order valence-electron chi connectivity index (χ2n) is 1.82. The van der Waals surface area contributed by atoms with Gasteiger partial charge in [-0.05, 0) is 18.2 Å². The van der Waals surface area contributed by atoms with Crippen molar-refractivity contribution in [1.82, 2.24) is 0 Å². The molecular weight excluding hydrogens is 116 g/mol. The second kappa shape index (κ2) is 2.09. The Hall–Kier alpha value is -0.985. The Balaban J connectivity index is 3.17. The molecule has 0 fully saturated rings. The van der Waals surface area contributed by atoms with Crippen molar-refractivity contribution in [2.75, 3.05) is 5.73 Å². The van der Waals surface area contributed by atoms with Crippen LogP contribution in [0.3, 0.4) is 0 Å². The average Bonchev–Trinajstić information content (AvgIpc) is 1.59. The molecule has 0 aliphatic heterocycles. The van der Waals surface area contributed by atoms with E-state index in [-0.39, 0.29) is 0 Å². The summed E-state index contributed by atoms with van der Waals surface area (Å²) in [6.07, 6.45) is 0. The molecule has 1 aromatic carbocycles. The van der Waals surface area contributed by atoms with Crippen molar-refractivity contribution in [2.24, 2.45) is 0 Å². The van der Waals surface area contributed by atoms with Crippen molar-refractivity contribution < 1.29 is 4.39 Å². The molecule has 0 bridgehead atoms. The van der Waals surface area contributed by atoms with E-state index in [1.165, 1.54) is 18.2 Å². The SMILES string of the molecule is [B]c1cc(N)cc(F)c1. The average molecular weight is 121 g/mol. The van der Waals surface area contributed by atoms with Gasteiger partial charge in [-0.3, -0.25) is 0 Å². The predicted octanol–water partition coefficient (Wildman–Crippen LogP) is 0.202. The molecule has 0 heterocycles. The quantitative estimate of drug-likeness (QED) is 0.385. The highest BCUT2D eigenvalue weighted by Gasteiger charge is 1.91. The largest absolute Gasteiger partial charge is 0.399 e. The molecule has 0 spiro atoms. The van der Waals surface area contributed by atoms with Crippen LogP contribution in [-0.4, -0.2) is 7.85 Å². The molecule has 2 radical (unpaired) electrons. The number of nitrogens with two attached hydrogens (primary N) is 1. The minimum Gasteiger partial charge on any atom is -0.399 e. The van der Waals surface area contributed by atoms with E-state index in [9.17, 15) is 4.39 Å². The molecule has 44 valence electrons. The molecule has 0 aliphatic rings. The normalized spacial score (nSPS) is 9.44. The third kappa shape index (κ3) is 1.45. The third-order valence-corrected chi connectivity index (χ3v) is 0.942. The topological polar surface area (TPSA) is 26.0 Å². The lowest BCUT2D eigenvalue weighted by atomic mass is 9.96. The summed E-state index contributed by atoms with van der Waals surface area (Å²) >= 11 is 0. The minimum atomic E-state index is -0.396. The Labute approximate surface area is 54.1 Å². The van der Waals surface area contributed by atoms with Crippen molar-refractivity contribution >= 4 is 19.0 Å². The molecule has 0 aliphatic carbocycles. The van der Waals surface area contributed by atoms with E-state index >= 15 is 0 Å². The van der Waals surface area contributed by atoms with Crippen LogP contribution < -0.4 is 11.2 Å². The Morgan fingerprint density at radius 1 is 1.33 bits per heavy atom. The van der Waals surface area contributed by atoms with Gasteiger partial charge in [-0.1, -0.05) is 5.46 Å². The van der Waals surface area contributed by atoms with Gasteiger partial charge >= 0.3 is 0 Å². The summed E-state index contributed by atoms with van der Waals surface area (Å²) in [5.41, 5.74) is 5.95. The second-order valence-corrected chi connectivity index (χ2v) is 1.82. The summed E-state index contributed by atoms with van der Waals surface area (Å²) in [6, 6.07) is 3.94. The summed E-state index contributed by atoms with van der Waals surface area (Å²) in [7, 11) is 5.24. The first-order chi connectivity index (χ1) is 4.18. The van der Waals surface area contributed by atoms with Crippen molar-refractivity contribution in [3.05, 3.63) is 24.0 Å². The van der Waals surface area contributed by atoms with Gasteiger partial charge in [0, 0.05) is 5.69 Å². The zero-order valence-electron chi connectivity index (χ0n) is 4.76. The van der Waals surface area contributed by atoms with Crippen LogP contribution in [0.2, 0.25) is 0 Å². The summed E-state index contributed by atoms with van der Waals surface area (Å²) in [4.78, 5) is 0. The molecule has 0 unspecified atom stereocenters. The maximum atomic E-state index is 12.3. The fourth-order valence-corrected chi connectivity index (χ4v) is 0.636. The van der Waals surface area contributed by atoms with Gasteiger partial charge in [-0.25, -0.2) is 4.39 Å². The number of anilines is 1. The van der Waals surface area contributed by atoms with E-state index in [0.29, 0.717) is 11.2 Å². The highest BCUT2D eigenvalue weighted by Crippen LogP contribution is 2.00. The van der Waals surface area contributed by atoms with Gasteiger partial charge in [0.25, 0.3) is 0 Å². The van der Waals surface area contributed by atoms with E-state index < -0.39 is 5.82 Å². The van der Waals surface area contributed by atoms with Gasteiger partial charge in [0.1, 0.15) is 13.7 Å². The first kappa shape index (κ1) is 6.14. The first-order valence-corrected chi connectivity index (χ1v) is 2.50. The lowest BCUT2D eigenvalue weighted by Gasteiger charge is -1.94. The number of nitrogen functional groups attached to an aromatic ring is 1. The zero-order chi connectivity index (χ0) is 6.85. The van der Waals surface area contributed by atoms with Crippen LogP contribution in [0, 0.1) is 5.82 Å².